The van der Waals surface area contributed by atoms with E-state index in [0.717, 1.165) is 5.56 Å². The molecule has 21 heavy (non-hydrogen) atoms. The van der Waals surface area contributed by atoms with Crippen LogP contribution in [0.3, 0.4) is 0 Å². The van der Waals surface area contributed by atoms with Crippen LogP contribution in [0.15, 0.2) is 17.0 Å². The minimum atomic E-state index is -3.71. The van der Waals surface area contributed by atoms with Crippen LogP contribution in [0.25, 0.3) is 0 Å². The summed E-state index contributed by atoms with van der Waals surface area (Å²) in [6, 6.07) is 2.92. The van der Waals surface area contributed by atoms with E-state index >= 15 is 0 Å². The van der Waals surface area contributed by atoms with Crippen molar-refractivity contribution in [3.05, 3.63) is 22.7 Å². The lowest BCUT2D eigenvalue weighted by Crippen LogP contribution is -2.41. The zero-order valence-electron chi connectivity index (χ0n) is 11.7. The van der Waals surface area contributed by atoms with Gasteiger partial charge in [0.1, 0.15) is 4.90 Å². The van der Waals surface area contributed by atoms with Gasteiger partial charge in [0.2, 0.25) is 15.9 Å². The van der Waals surface area contributed by atoms with Crippen molar-refractivity contribution in [2.75, 3.05) is 18.8 Å². The second kappa shape index (κ2) is 5.82. The van der Waals surface area contributed by atoms with Gasteiger partial charge in [0.15, 0.2) is 0 Å². The SMILES string of the molecule is Cc1cc(Cl)c(S(=O)(=O)N2CCC(C(N)=O)CC2)cc1N. The fourth-order valence-corrected chi connectivity index (χ4v) is 4.45. The maximum Gasteiger partial charge on any atom is 0.244 e. The van der Waals surface area contributed by atoms with Crippen LogP contribution in [0.4, 0.5) is 5.69 Å². The number of nitrogens with zero attached hydrogens (tertiary/aromatic N) is 1. The first-order valence-electron chi connectivity index (χ1n) is 6.58. The third-order valence-electron chi connectivity index (χ3n) is 3.79. The second-order valence-corrected chi connectivity index (χ2v) is 7.53. The summed E-state index contributed by atoms with van der Waals surface area (Å²) in [6.45, 7) is 2.26. The maximum atomic E-state index is 12.6. The number of primary amides is 1. The van der Waals surface area contributed by atoms with E-state index in [2.05, 4.69) is 0 Å². The predicted octanol–water partition coefficient (Wildman–Crippen LogP) is 1.12. The van der Waals surface area contributed by atoms with Crippen LogP contribution in [0.2, 0.25) is 5.02 Å². The van der Waals surface area contributed by atoms with Crippen LogP contribution in [0, 0.1) is 12.8 Å². The van der Waals surface area contributed by atoms with Crippen LogP contribution >= 0.6 is 11.6 Å². The van der Waals surface area contributed by atoms with Gasteiger partial charge in [0.25, 0.3) is 0 Å². The van der Waals surface area contributed by atoms with Gasteiger partial charge in [-0.25, -0.2) is 8.42 Å². The normalized spacial score (nSPS) is 17.8. The van der Waals surface area contributed by atoms with Gasteiger partial charge >= 0.3 is 0 Å². The molecule has 2 rings (SSSR count). The summed E-state index contributed by atoms with van der Waals surface area (Å²) < 4.78 is 26.6. The number of halogens is 1. The van der Waals surface area contributed by atoms with Crippen LogP contribution in [0.5, 0.6) is 0 Å². The number of carbonyl (C=O) groups excluding carboxylic acids is 1. The second-order valence-electron chi connectivity index (χ2n) is 5.22. The number of nitrogens with two attached hydrogens (primary N) is 2. The lowest BCUT2D eigenvalue weighted by molar-refractivity contribution is -0.122. The topological polar surface area (TPSA) is 106 Å². The lowest BCUT2D eigenvalue weighted by atomic mass is 9.98. The first-order valence-corrected chi connectivity index (χ1v) is 8.40. The molecule has 8 heteroatoms. The van der Waals surface area contributed by atoms with E-state index in [4.69, 9.17) is 23.1 Å². The summed E-state index contributed by atoms with van der Waals surface area (Å²) >= 11 is 6.05. The Morgan fingerprint density at radius 3 is 2.43 bits per heavy atom. The standard InChI is InChI=1S/C13H18ClN3O3S/c1-8-6-10(14)12(7-11(8)15)21(19,20)17-4-2-9(3-5-17)13(16)18/h6-7,9H,2-5,15H2,1H3,(H2,16,18). The molecule has 0 unspecified atom stereocenters. The zero-order valence-corrected chi connectivity index (χ0v) is 13.2. The van der Waals surface area contributed by atoms with E-state index in [9.17, 15) is 13.2 Å². The van der Waals surface area contributed by atoms with E-state index in [1.807, 2.05) is 0 Å². The van der Waals surface area contributed by atoms with Gasteiger partial charge in [-0.3, -0.25) is 4.79 Å². The quantitative estimate of drug-likeness (QED) is 0.809. The van der Waals surface area contributed by atoms with Crippen molar-refractivity contribution in [3.63, 3.8) is 0 Å². The minimum Gasteiger partial charge on any atom is -0.398 e. The molecule has 0 bridgehead atoms. The number of anilines is 1. The molecule has 0 saturated carbocycles. The first kappa shape index (κ1) is 16.1. The van der Waals surface area contributed by atoms with Gasteiger partial charge in [-0.1, -0.05) is 11.6 Å². The minimum absolute atomic E-state index is 0.00444. The molecule has 0 spiro atoms. The average molecular weight is 332 g/mol. The largest absolute Gasteiger partial charge is 0.398 e. The molecule has 1 heterocycles. The van der Waals surface area contributed by atoms with Crippen LogP contribution in [-0.4, -0.2) is 31.7 Å². The zero-order chi connectivity index (χ0) is 15.8. The Balaban J connectivity index is 2.28. The van der Waals surface area contributed by atoms with Crippen molar-refractivity contribution in [2.45, 2.75) is 24.7 Å². The molecule has 6 nitrogen and oxygen atoms in total. The number of amides is 1. The van der Waals surface area contributed by atoms with Crippen molar-refractivity contribution in [2.24, 2.45) is 11.7 Å². The number of piperidine rings is 1. The Hall–Kier alpha value is -1.31. The molecule has 116 valence electrons. The molecule has 0 radical (unpaired) electrons. The van der Waals surface area contributed by atoms with Gasteiger partial charge in [0.05, 0.1) is 5.02 Å². The fourth-order valence-electron chi connectivity index (χ4n) is 2.39. The van der Waals surface area contributed by atoms with Crippen molar-refractivity contribution in [1.29, 1.82) is 0 Å². The van der Waals surface area contributed by atoms with Gasteiger partial charge in [-0.15, -0.1) is 0 Å². The molecule has 0 aliphatic carbocycles. The molecule has 4 N–H and O–H groups in total. The molecule has 1 amide bonds. The van der Waals surface area contributed by atoms with E-state index in [1.54, 1.807) is 13.0 Å². The van der Waals surface area contributed by atoms with Gasteiger partial charge in [-0.05, 0) is 37.5 Å². The lowest BCUT2D eigenvalue weighted by Gasteiger charge is -2.30. The van der Waals surface area contributed by atoms with Crippen molar-refractivity contribution in [1.82, 2.24) is 4.31 Å². The summed E-state index contributed by atoms with van der Waals surface area (Å²) in [6.07, 6.45) is 0.848. The van der Waals surface area contributed by atoms with Crippen molar-refractivity contribution >= 4 is 33.2 Å². The predicted molar refractivity (Wildman–Crippen MR) is 81.3 cm³/mol. The number of aryl methyl sites for hydroxylation is 1. The Morgan fingerprint density at radius 1 is 1.33 bits per heavy atom. The summed E-state index contributed by atoms with van der Waals surface area (Å²) in [4.78, 5) is 11.1. The number of nitrogen functional groups attached to an aromatic ring is 1. The highest BCUT2D eigenvalue weighted by Crippen LogP contribution is 2.31. The van der Waals surface area contributed by atoms with E-state index < -0.39 is 10.0 Å². The van der Waals surface area contributed by atoms with E-state index in [1.165, 1.54) is 10.4 Å². The van der Waals surface area contributed by atoms with Crippen molar-refractivity contribution < 1.29 is 13.2 Å². The molecule has 1 aromatic rings. The summed E-state index contributed by atoms with van der Waals surface area (Å²) in [5, 5.41) is 0.152. The molecule has 1 aromatic carbocycles. The number of rotatable bonds is 3. The van der Waals surface area contributed by atoms with Gasteiger partial charge in [0, 0.05) is 24.7 Å². The maximum absolute atomic E-state index is 12.6. The average Bonchev–Trinajstić information content (AvgIpc) is 2.42. The highest BCUT2D eigenvalue weighted by atomic mass is 35.5. The van der Waals surface area contributed by atoms with Gasteiger partial charge in [-0.2, -0.15) is 4.31 Å². The third kappa shape index (κ3) is 3.14. The van der Waals surface area contributed by atoms with Crippen LogP contribution in [-0.2, 0) is 14.8 Å². The summed E-state index contributed by atoms with van der Waals surface area (Å²) in [5.41, 5.74) is 12.1. The van der Waals surface area contributed by atoms with Crippen molar-refractivity contribution in [3.8, 4) is 0 Å². The molecule has 1 aliphatic heterocycles. The van der Waals surface area contributed by atoms with Crippen LogP contribution in [0.1, 0.15) is 18.4 Å². The summed E-state index contributed by atoms with van der Waals surface area (Å²) in [5.74, 6) is -0.653. The monoisotopic (exact) mass is 331 g/mol. The third-order valence-corrected chi connectivity index (χ3v) is 6.16. The van der Waals surface area contributed by atoms with E-state index in [0.29, 0.717) is 18.5 Å². The number of hydrogen-bond acceptors (Lipinski definition) is 4. The fraction of sp³-hybridized carbons (Fsp3) is 0.462. The number of hydrogen-bond donors (Lipinski definition) is 2. The number of benzene rings is 1. The smallest absolute Gasteiger partial charge is 0.244 e. The number of carbonyl (C=O) groups is 1. The van der Waals surface area contributed by atoms with E-state index in [-0.39, 0.29) is 34.8 Å². The van der Waals surface area contributed by atoms with Crippen LogP contribution < -0.4 is 11.5 Å². The molecule has 1 aliphatic rings. The first-order chi connectivity index (χ1) is 9.73. The molecule has 1 saturated heterocycles. The summed E-state index contributed by atoms with van der Waals surface area (Å²) in [7, 11) is -3.71. The molecule has 0 atom stereocenters. The Labute approximate surface area is 129 Å². The Bertz CT molecular complexity index is 667. The molecular weight excluding hydrogens is 314 g/mol. The Kier molecular flexibility index (Phi) is 4.46. The molecule has 0 aromatic heterocycles. The molecular formula is C13H18ClN3O3S. The highest BCUT2D eigenvalue weighted by Gasteiger charge is 2.32. The van der Waals surface area contributed by atoms with Gasteiger partial charge < -0.3 is 11.5 Å². The number of sulfonamides is 1. The molecule has 1 fully saturated rings. The Morgan fingerprint density at radius 2 is 1.90 bits per heavy atom. The highest BCUT2D eigenvalue weighted by molar-refractivity contribution is 7.89.